The number of rotatable bonds is 67. The molecule has 714 valence electrons. The van der Waals surface area contributed by atoms with E-state index in [1.54, 1.807) is 102 Å². The van der Waals surface area contributed by atoms with E-state index in [0.717, 1.165) is 32.1 Å². The Morgan fingerprint density at radius 3 is 1.33 bits per heavy atom. The summed E-state index contributed by atoms with van der Waals surface area (Å²) in [6.45, 7) is 12.5. The molecule has 2 aromatic carbocycles. The SMILES string of the molecule is CCCCCCCCCCCCCCCC(=O)N[C@@H](CCC(=O)O)C(=O)N[C@@H](CCCCN)C(=O)N[C@@H](CCC(=O)O)C(=O)N[C@@H](Cc1ccccc1)C(=O)N[C@H](C(=O)N[C@@H](C)C(=O)N[C@@H](Cc1c[nH]c2ccccc12)C(=O)N[C@@H](CC(C)C)C(=O)N[C@H](C(=O)N[C@@H](CCCNC(=N)N)C(=O)NCC(=O)N[C@@H](CCCNC(=N)N)C(=O)NCC(=O)O)C(C)C)[C@@H](C)CC. The number of guanidine groups is 2. The quantitative estimate of drug-likeness (QED) is 0.0219. The van der Waals surface area contributed by atoms with Crippen LogP contribution in [0.3, 0.4) is 0 Å². The number of carboxylic acids is 3. The predicted octanol–water partition coefficient (Wildman–Crippen LogP) is 2.24. The van der Waals surface area contributed by atoms with E-state index >= 15 is 4.79 Å². The molecule has 40 heteroatoms. The molecule has 13 amide bonds. The molecule has 0 saturated heterocycles. The number of para-hydroxylation sites is 1. The molecular formula is C88H143N21O19. The van der Waals surface area contributed by atoms with Gasteiger partial charge in [0.15, 0.2) is 11.9 Å². The van der Waals surface area contributed by atoms with Gasteiger partial charge in [0.05, 0.1) is 6.54 Å². The highest BCUT2D eigenvalue weighted by atomic mass is 16.4. The van der Waals surface area contributed by atoms with E-state index in [0.29, 0.717) is 34.9 Å². The molecule has 1 heterocycles. The average Bonchev–Trinajstić information content (AvgIpc) is 1.68. The Labute approximate surface area is 749 Å². The van der Waals surface area contributed by atoms with Crippen LogP contribution in [0.25, 0.3) is 10.9 Å². The maximum absolute atomic E-state index is 15.0. The maximum Gasteiger partial charge on any atom is 0.322 e. The van der Waals surface area contributed by atoms with E-state index in [4.69, 9.17) is 33.1 Å². The minimum Gasteiger partial charge on any atom is -0.481 e. The standard InChI is InChI=1S/C88H143N21O19/c1-9-11-12-13-14-15-16-17-18-19-20-21-25-39-69(110)100-64(40-42-71(112)113)80(122)102-63(36-28-29-44-89)79(121)103-65(41-43-72(114)115)81(123)107-67(48-57-32-23-22-24-33-57)84(126)109-75(55(7)10-2)86(128)99-56(8)76(118)105-68(49-58-50-96-60-35-27-26-34-59(58)60)82(124)106-66(47-53(3)4)83(125)108-74(54(5)6)85(127)104-62(38-31-46-95-88(92)93)78(120)97-51-70(111)101-61(37-30-45-94-87(90)91)77(119)98-52-73(116)117/h22-24,26-27,32-35,50,53-56,61-68,74-75,96H,9-21,25,28-31,36-49,51-52,89H2,1-8H3,(H,97,120)(H,98,119)(H,99,128)(H,100,110)(H,101,111)(H,102,122)(H,103,121)(H,104,127)(H,105,118)(H,106,124)(H,107,123)(H,108,125)(H,109,126)(H,112,113)(H,114,115)(H,116,117)(H4,90,91,94)(H4,92,93,95)/t55-,56-,61-,62-,63-,64-,65-,66-,67-,68-,74-,75-/m0/s1. The fourth-order valence-corrected chi connectivity index (χ4v) is 14.1. The lowest BCUT2D eigenvalue weighted by atomic mass is 9.96. The van der Waals surface area contributed by atoms with Crippen LogP contribution in [-0.4, -0.2) is 226 Å². The topological polar surface area (TPSA) is 656 Å². The summed E-state index contributed by atoms with van der Waals surface area (Å²) >= 11 is 0. The highest BCUT2D eigenvalue weighted by Crippen LogP contribution is 2.22. The van der Waals surface area contributed by atoms with E-state index in [1.165, 1.54) is 51.9 Å². The van der Waals surface area contributed by atoms with Crippen LogP contribution in [0, 0.1) is 28.6 Å². The summed E-state index contributed by atoms with van der Waals surface area (Å²) in [5.41, 5.74) is 18.4. The number of aromatic amines is 1. The van der Waals surface area contributed by atoms with Crippen molar-refractivity contribution in [3.8, 4) is 0 Å². The Hall–Kier alpha value is -12.0. The second-order valence-corrected chi connectivity index (χ2v) is 33.3. The van der Waals surface area contributed by atoms with E-state index in [2.05, 4.69) is 91.7 Å². The summed E-state index contributed by atoms with van der Waals surface area (Å²) in [6, 6.07) is -0.481. The number of H-pyrrole nitrogens is 1. The summed E-state index contributed by atoms with van der Waals surface area (Å²) < 4.78 is 0. The molecule has 0 radical (unpaired) electrons. The summed E-state index contributed by atoms with van der Waals surface area (Å²) in [5, 5.41) is 83.3. The number of amides is 13. The molecule has 1 aromatic heterocycles. The maximum atomic E-state index is 15.0. The van der Waals surface area contributed by atoms with Gasteiger partial charge < -0.3 is 117 Å². The monoisotopic (exact) mass is 1800 g/mol. The number of carbonyl (C=O) groups excluding carboxylic acids is 13. The lowest BCUT2D eigenvalue weighted by Crippen LogP contribution is -2.61. The highest BCUT2D eigenvalue weighted by molar-refractivity contribution is 6.00. The van der Waals surface area contributed by atoms with E-state index in [-0.39, 0.29) is 115 Å². The van der Waals surface area contributed by atoms with Gasteiger partial charge in [-0.15, -0.1) is 0 Å². The number of hydrogen-bond donors (Lipinski definition) is 24. The summed E-state index contributed by atoms with van der Waals surface area (Å²) in [5.74, 6) is -17.7. The van der Waals surface area contributed by atoms with Crippen LogP contribution in [-0.2, 0) is 89.6 Å². The number of nitrogens with two attached hydrogens (primary N) is 3. The molecule has 0 fully saturated rings. The van der Waals surface area contributed by atoms with Gasteiger partial charge in [0, 0.05) is 62.3 Å². The zero-order valence-electron chi connectivity index (χ0n) is 75.5. The molecule has 0 spiro atoms. The number of aromatic nitrogens is 1. The smallest absolute Gasteiger partial charge is 0.322 e. The first-order valence-electron chi connectivity index (χ1n) is 44.9. The van der Waals surface area contributed by atoms with Gasteiger partial charge in [0.2, 0.25) is 76.8 Å². The average molecular weight is 1800 g/mol. The first-order valence-corrected chi connectivity index (χ1v) is 44.9. The van der Waals surface area contributed by atoms with Crippen molar-refractivity contribution in [1.29, 1.82) is 10.8 Å². The minimum atomic E-state index is -1.69. The lowest BCUT2D eigenvalue weighted by Gasteiger charge is -2.30. The number of fused-ring (bicyclic) bond motifs is 1. The summed E-state index contributed by atoms with van der Waals surface area (Å²) in [4.78, 5) is 224. The molecule has 0 saturated carbocycles. The van der Waals surface area contributed by atoms with Crippen molar-refractivity contribution in [1.82, 2.24) is 84.7 Å². The number of hydrogen-bond acceptors (Lipinski definition) is 19. The minimum absolute atomic E-state index is 0.0285. The Morgan fingerprint density at radius 1 is 0.383 bits per heavy atom. The van der Waals surface area contributed by atoms with E-state index in [9.17, 15) is 82.1 Å². The van der Waals surface area contributed by atoms with Crippen molar-refractivity contribution >= 4 is 118 Å². The molecule has 12 atom stereocenters. The number of nitrogens with one attached hydrogen (secondary N) is 18. The number of aliphatic carboxylic acids is 3. The molecule has 0 aliphatic rings. The third-order valence-corrected chi connectivity index (χ3v) is 21.5. The molecule has 27 N–H and O–H groups in total. The van der Waals surface area contributed by atoms with Crippen LogP contribution in [0.4, 0.5) is 0 Å². The molecular weight excluding hydrogens is 1660 g/mol. The highest BCUT2D eigenvalue weighted by Gasteiger charge is 2.38. The molecule has 3 rings (SSSR count). The van der Waals surface area contributed by atoms with Crippen LogP contribution >= 0.6 is 0 Å². The molecule has 0 bridgehead atoms. The second-order valence-electron chi connectivity index (χ2n) is 33.3. The Bertz CT molecular complexity index is 4070. The largest absolute Gasteiger partial charge is 0.481 e. The zero-order chi connectivity index (χ0) is 95.2. The van der Waals surface area contributed by atoms with Gasteiger partial charge in [-0.25, -0.2) is 0 Å². The zero-order valence-corrected chi connectivity index (χ0v) is 75.5. The van der Waals surface area contributed by atoms with Gasteiger partial charge in [-0.05, 0) is 119 Å². The number of carboxylic acid groups (broad SMARTS) is 3. The van der Waals surface area contributed by atoms with Gasteiger partial charge in [0.25, 0.3) is 0 Å². The normalized spacial score (nSPS) is 14.0. The second kappa shape index (κ2) is 61.4. The lowest BCUT2D eigenvalue weighted by molar-refractivity contribution is -0.139. The fraction of sp³-hybridized carbons (Fsp3) is 0.636. The third-order valence-electron chi connectivity index (χ3n) is 21.5. The van der Waals surface area contributed by atoms with Crippen molar-refractivity contribution in [2.45, 2.75) is 308 Å². The Morgan fingerprint density at radius 2 is 0.805 bits per heavy atom. The first-order chi connectivity index (χ1) is 60.9. The van der Waals surface area contributed by atoms with Gasteiger partial charge in [-0.2, -0.15) is 0 Å². The fourth-order valence-electron chi connectivity index (χ4n) is 14.1. The Balaban J connectivity index is 1.93. The van der Waals surface area contributed by atoms with E-state index < -0.39 is 205 Å². The summed E-state index contributed by atoms with van der Waals surface area (Å²) in [7, 11) is 0. The van der Waals surface area contributed by atoms with Crippen LogP contribution in [0.2, 0.25) is 0 Å². The van der Waals surface area contributed by atoms with Crippen LogP contribution in [0.15, 0.2) is 60.8 Å². The van der Waals surface area contributed by atoms with Crippen LogP contribution in [0.5, 0.6) is 0 Å². The van der Waals surface area contributed by atoms with Gasteiger partial charge in [-0.3, -0.25) is 87.5 Å². The van der Waals surface area contributed by atoms with Crippen LogP contribution in [0.1, 0.15) is 240 Å². The van der Waals surface area contributed by atoms with Crippen molar-refractivity contribution in [3.05, 3.63) is 71.9 Å². The van der Waals surface area contributed by atoms with Crippen molar-refractivity contribution in [3.63, 3.8) is 0 Å². The van der Waals surface area contributed by atoms with Gasteiger partial charge in [-0.1, -0.05) is 180 Å². The van der Waals surface area contributed by atoms with E-state index in [1.807, 2.05) is 0 Å². The number of benzene rings is 2. The summed E-state index contributed by atoms with van der Waals surface area (Å²) in [6.07, 6.45) is 14.3. The molecule has 0 unspecified atom stereocenters. The number of unbranched alkanes of at least 4 members (excludes halogenated alkanes) is 13. The predicted molar refractivity (Wildman–Crippen MR) is 482 cm³/mol. The third kappa shape index (κ3) is 44.9. The molecule has 3 aromatic rings. The van der Waals surface area contributed by atoms with Crippen LogP contribution < -0.4 is 97.0 Å². The van der Waals surface area contributed by atoms with Gasteiger partial charge >= 0.3 is 17.9 Å². The van der Waals surface area contributed by atoms with Gasteiger partial charge in [0.1, 0.15) is 73.0 Å². The van der Waals surface area contributed by atoms with Crippen molar-refractivity contribution < 1.29 is 92.0 Å². The molecule has 40 nitrogen and oxygen atoms in total. The molecule has 128 heavy (non-hydrogen) atoms. The van der Waals surface area contributed by atoms with Crippen molar-refractivity contribution in [2.75, 3.05) is 32.7 Å². The first kappa shape index (κ1) is 110. The van der Waals surface area contributed by atoms with Crippen molar-refractivity contribution in [2.24, 2.45) is 35.0 Å². The number of carbonyl (C=O) groups is 16. The molecule has 0 aliphatic heterocycles. The molecule has 0 aliphatic carbocycles. The Kier molecular flexibility index (Phi) is 52.9.